The van der Waals surface area contributed by atoms with Gasteiger partial charge < -0.3 is 9.67 Å². The van der Waals surface area contributed by atoms with Gasteiger partial charge in [-0.05, 0) is 17.2 Å². The van der Waals surface area contributed by atoms with Gasteiger partial charge in [-0.2, -0.15) is 13.2 Å². The molecule has 1 aromatic heterocycles. The third-order valence-corrected chi connectivity index (χ3v) is 3.95. The van der Waals surface area contributed by atoms with Crippen LogP contribution >= 0.6 is 0 Å². The number of benzene rings is 2. The van der Waals surface area contributed by atoms with Crippen LogP contribution in [0.25, 0.3) is 11.4 Å². The van der Waals surface area contributed by atoms with E-state index in [4.69, 9.17) is 0 Å². The van der Waals surface area contributed by atoms with E-state index in [2.05, 4.69) is 4.98 Å². The molecule has 0 amide bonds. The number of hydrogen-bond acceptors (Lipinski definition) is 2. The lowest BCUT2D eigenvalue weighted by atomic mass is 10.1. The maximum atomic E-state index is 12.6. The number of aliphatic hydroxyl groups excluding tert-OH is 1. The Morgan fingerprint density at radius 2 is 1.80 bits per heavy atom. The summed E-state index contributed by atoms with van der Waals surface area (Å²) in [6.07, 6.45) is -1.94. The van der Waals surface area contributed by atoms with E-state index in [1.807, 2.05) is 30.3 Å². The summed E-state index contributed by atoms with van der Waals surface area (Å²) in [5.41, 5.74) is 1.66. The van der Waals surface area contributed by atoms with Crippen LogP contribution in [0.5, 0.6) is 0 Å². The zero-order valence-electron chi connectivity index (χ0n) is 13.3. The standard InChI is InChI=1S/C19H17F3N2O/c20-19(21,22)12-14-5-4-8-16(11-14)18-23-9-10-24(18)17(13-25)15-6-2-1-3-7-15/h1-11,17,25H,12-13H2/t17-/m1/s1. The summed E-state index contributed by atoms with van der Waals surface area (Å²) in [7, 11) is 0. The lowest BCUT2D eigenvalue weighted by Crippen LogP contribution is -2.15. The highest BCUT2D eigenvalue weighted by Crippen LogP contribution is 2.28. The molecule has 0 radical (unpaired) electrons. The van der Waals surface area contributed by atoms with Crippen LogP contribution in [0.4, 0.5) is 13.2 Å². The quantitative estimate of drug-likeness (QED) is 0.750. The van der Waals surface area contributed by atoms with E-state index in [-0.39, 0.29) is 18.2 Å². The van der Waals surface area contributed by atoms with Crippen LogP contribution in [0.3, 0.4) is 0 Å². The van der Waals surface area contributed by atoms with Crippen molar-refractivity contribution < 1.29 is 18.3 Å². The van der Waals surface area contributed by atoms with Crippen LogP contribution in [0, 0.1) is 0 Å². The molecule has 25 heavy (non-hydrogen) atoms. The Balaban J connectivity index is 1.98. The SMILES string of the molecule is OC[C@H](c1ccccc1)n1ccnc1-c1cccc(CC(F)(F)F)c1. The molecule has 3 aromatic rings. The minimum Gasteiger partial charge on any atom is -0.394 e. The van der Waals surface area contributed by atoms with Crippen LogP contribution in [0.15, 0.2) is 67.0 Å². The predicted octanol–water partition coefficient (Wildman–Crippen LogP) is 4.24. The van der Waals surface area contributed by atoms with Crippen molar-refractivity contribution in [2.45, 2.75) is 18.6 Å². The number of alkyl halides is 3. The molecule has 2 aromatic carbocycles. The largest absolute Gasteiger partial charge is 0.394 e. The average Bonchev–Trinajstić information content (AvgIpc) is 3.05. The van der Waals surface area contributed by atoms with Crippen molar-refractivity contribution in [3.8, 4) is 11.4 Å². The molecule has 1 N–H and O–H groups in total. The molecule has 3 nitrogen and oxygen atoms in total. The van der Waals surface area contributed by atoms with Gasteiger partial charge in [0, 0.05) is 18.0 Å². The topological polar surface area (TPSA) is 38.0 Å². The van der Waals surface area contributed by atoms with Gasteiger partial charge >= 0.3 is 6.18 Å². The zero-order chi connectivity index (χ0) is 17.9. The molecule has 0 aliphatic heterocycles. The molecule has 0 saturated carbocycles. The second kappa shape index (κ2) is 7.11. The van der Waals surface area contributed by atoms with E-state index in [1.54, 1.807) is 29.1 Å². The summed E-state index contributed by atoms with van der Waals surface area (Å²) < 4.78 is 39.7. The summed E-state index contributed by atoms with van der Waals surface area (Å²) in [5.74, 6) is 0.520. The van der Waals surface area contributed by atoms with Gasteiger partial charge in [-0.15, -0.1) is 0 Å². The van der Waals surface area contributed by atoms with Gasteiger partial charge in [0.1, 0.15) is 5.82 Å². The van der Waals surface area contributed by atoms with Gasteiger partial charge in [-0.1, -0.05) is 48.5 Å². The number of rotatable bonds is 5. The number of aliphatic hydroxyl groups is 1. The minimum atomic E-state index is -4.26. The highest BCUT2D eigenvalue weighted by Gasteiger charge is 2.27. The summed E-state index contributed by atoms with van der Waals surface area (Å²) in [4.78, 5) is 4.29. The van der Waals surface area contributed by atoms with Gasteiger partial charge in [0.05, 0.1) is 19.1 Å². The normalized spacial score (nSPS) is 13.0. The molecular weight excluding hydrogens is 329 g/mol. The summed E-state index contributed by atoms with van der Waals surface area (Å²) in [6.45, 7) is -0.143. The fraction of sp³-hybridized carbons (Fsp3) is 0.211. The summed E-state index contributed by atoms with van der Waals surface area (Å²) in [5, 5.41) is 9.83. The van der Waals surface area contributed by atoms with Crippen LogP contribution in [0.2, 0.25) is 0 Å². The first-order valence-electron chi connectivity index (χ1n) is 7.82. The van der Waals surface area contributed by atoms with Gasteiger partial charge in [-0.3, -0.25) is 0 Å². The molecule has 0 unspecified atom stereocenters. The first-order chi connectivity index (χ1) is 12.0. The highest BCUT2D eigenvalue weighted by molar-refractivity contribution is 5.57. The molecule has 0 bridgehead atoms. The Morgan fingerprint density at radius 3 is 2.48 bits per heavy atom. The molecule has 6 heteroatoms. The highest BCUT2D eigenvalue weighted by atomic mass is 19.4. The van der Waals surface area contributed by atoms with Gasteiger partial charge in [0.2, 0.25) is 0 Å². The first kappa shape index (κ1) is 17.2. The third-order valence-electron chi connectivity index (χ3n) is 3.95. The summed E-state index contributed by atoms with van der Waals surface area (Å²) in [6, 6.07) is 15.3. The van der Waals surface area contributed by atoms with Crippen molar-refractivity contribution in [3.63, 3.8) is 0 Å². The zero-order valence-corrected chi connectivity index (χ0v) is 13.3. The van der Waals surface area contributed by atoms with Crippen molar-refractivity contribution in [2.24, 2.45) is 0 Å². The molecule has 0 spiro atoms. The Kier molecular flexibility index (Phi) is 4.90. The predicted molar refractivity (Wildman–Crippen MR) is 89.1 cm³/mol. The van der Waals surface area contributed by atoms with Crippen molar-refractivity contribution in [2.75, 3.05) is 6.61 Å². The molecule has 1 heterocycles. The van der Waals surface area contributed by atoms with Gasteiger partial charge in [0.15, 0.2) is 0 Å². The van der Waals surface area contributed by atoms with E-state index in [0.717, 1.165) is 5.56 Å². The fourth-order valence-corrected chi connectivity index (χ4v) is 2.87. The van der Waals surface area contributed by atoms with Crippen LogP contribution in [-0.4, -0.2) is 27.4 Å². The Labute approximate surface area is 143 Å². The van der Waals surface area contributed by atoms with Crippen LogP contribution in [0.1, 0.15) is 17.2 Å². The van der Waals surface area contributed by atoms with E-state index in [9.17, 15) is 18.3 Å². The van der Waals surface area contributed by atoms with E-state index in [0.29, 0.717) is 11.4 Å². The molecule has 130 valence electrons. The van der Waals surface area contributed by atoms with E-state index in [1.165, 1.54) is 12.1 Å². The second-order valence-corrected chi connectivity index (χ2v) is 5.76. The number of hydrogen-bond donors (Lipinski definition) is 1. The fourth-order valence-electron chi connectivity index (χ4n) is 2.87. The second-order valence-electron chi connectivity index (χ2n) is 5.76. The maximum Gasteiger partial charge on any atom is 0.393 e. The molecule has 0 fully saturated rings. The molecule has 3 rings (SSSR count). The first-order valence-corrected chi connectivity index (χ1v) is 7.82. The van der Waals surface area contributed by atoms with Crippen molar-refractivity contribution in [1.82, 2.24) is 9.55 Å². The number of halogens is 3. The maximum absolute atomic E-state index is 12.6. The smallest absolute Gasteiger partial charge is 0.393 e. The number of imidazole rings is 1. The molecule has 1 atom stereocenters. The number of nitrogens with zero attached hydrogens (tertiary/aromatic N) is 2. The van der Waals surface area contributed by atoms with Crippen LogP contribution in [-0.2, 0) is 6.42 Å². The average molecular weight is 346 g/mol. The molecule has 0 aliphatic carbocycles. The lowest BCUT2D eigenvalue weighted by molar-refractivity contribution is -0.127. The van der Waals surface area contributed by atoms with E-state index < -0.39 is 12.6 Å². The minimum absolute atomic E-state index is 0.143. The summed E-state index contributed by atoms with van der Waals surface area (Å²) >= 11 is 0. The Bertz CT molecular complexity index is 828. The van der Waals surface area contributed by atoms with Crippen molar-refractivity contribution >= 4 is 0 Å². The van der Waals surface area contributed by atoms with Crippen LogP contribution < -0.4 is 0 Å². The number of aromatic nitrogens is 2. The molecule has 0 saturated heterocycles. The molecule has 0 aliphatic rings. The van der Waals surface area contributed by atoms with Crippen molar-refractivity contribution in [3.05, 3.63) is 78.1 Å². The third kappa shape index (κ3) is 4.09. The lowest BCUT2D eigenvalue weighted by Gasteiger charge is -2.19. The van der Waals surface area contributed by atoms with Gasteiger partial charge in [0.25, 0.3) is 0 Å². The van der Waals surface area contributed by atoms with Gasteiger partial charge in [-0.25, -0.2) is 4.98 Å². The van der Waals surface area contributed by atoms with E-state index >= 15 is 0 Å². The Morgan fingerprint density at radius 1 is 1.04 bits per heavy atom. The Hall–Kier alpha value is -2.60. The molecular formula is C19H17F3N2O. The van der Waals surface area contributed by atoms with Crippen molar-refractivity contribution in [1.29, 1.82) is 0 Å². The monoisotopic (exact) mass is 346 g/mol.